The molecule has 1 aliphatic carbocycles. The van der Waals surface area contributed by atoms with Crippen molar-refractivity contribution >= 4 is 22.7 Å². The fourth-order valence-corrected chi connectivity index (χ4v) is 4.38. The molecule has 1 aliphatic rings. The molecule has 0 radical (unpaired) electrons. The number of nitrogens with zero attached hydrogens (tertiary/aromatic N) is 1. The minimum atomic E-state index is 0.217. The maximum Gasteiger partial charge on any atom is 0.0599 e. The first kappa shape index (κ1) is 14.3. The highest BCUT2D eigenvalue weighted by atomic mass is 32.1. The third-order valence-electron chi connectivity index (χ3n) is 4.00. The molecule has 2 atom stereocenters. The Morgan fingerprint density at radius 1 is 1.25 bits per heavy atom. The second kappa shape index (κ2) is 6.39. The monoisotopic (exact) mass is 306 g/mol. The largest absolute Gasteiger partial charge is 0.326 e. The van der Waals surface area contributed by atoms with Crippen molar-refractivity contribution in [2.24, 2.45) is 5.73 Å². The zero-order chi connectivity index (χ0) is 13.9. The van der Waals surface area contributed by atoms with E-state index in [1.165, 1.54) is 22.6 Å². The molecule has 0 spiro atoms. The summed E-state index contributed by atoms with van der Waals surface area (Å²) in [5.41, 5.74) is 6.47. The topological polar surface area (TPSA) is 29.3 Å². The van der Waals surface area contributed by atoms with Crippen molar-refractivity contribution in [3.63, 3.8) is 0 Å². The zero-order valence-corrected chi connectivity index (χ0v) is 13.5. The summed E-state index contributed by atoms with van der Waals surface area (Å²) in [6.45, 7) is 3.24. The SMILES string of the molecule is CCC(N)C(c1cccs1)N(Cc1cccs1)C1CC1. The summed E-state index contributed by atoms with van der Waals surface area (Å²) < 4.78 is 0. The Morgan fingerprint density at radius 2 is 2.00 bits per heavy atom. The van der Waals surface area contributed by atoms with Crippen LogP contribution in [-0.4, -0.2) is 17.0 Å². The highest BCUT2D eigenvalue weighted by Crippen LogP contribution is 2.39. The number of hydrogen-bond donors (Lipinski definition) is 1. The molecule has 0 saturated heterocycles. The normalized spacial score (nSPS) is 18.4. The molecular weight excluding hydrogens is 284 g/mol. The van der Waals surface area contributed by atoms with Crippen molar-refractivity contribution < 1.29 is 0 Å². The van der Waals surface area contributed by atoms with Crippen LogP contribution in [0.4, 0.5) is 0 Å². The number of rotatable bonds is 7. The summed E-state index contributed by atoms with van der Waals surface area (Å²) in [6, 6.07) is 10.1. The third-order valence-corrected chi connectivity index (χ3v) is 5.81. The van der Waals surface area contributed by atoms with Gasteiger partial charge in [0.15, 0.2) is 0 Å². The van der Waals surface area contributed by atoms with Crippen molar-refractivity contribution in [1.82, 2.24) is 4.90 Å². The Kier molecular flexibility index (Phi) is 4.56. The standard InChI is InChI=1S/C16H22N2S2/c1-2-14(17)16(15-6-4-10-20-15)18(12-7-8-12)11-13-5-3-9-19-13/h3-6,9-10,12,14,16H,2,7-8,11,17H2,1H3. The van der Waals surface area contributed by atoms with Crippen molar-refractivity contribution in [1.29, 1.82) is 0 Å². The lowest BCUT2D eigenvalue weighted by Gasteiger charge is -2.34. The predicted octanol–water partition coefficient (Wildman–Crippen LogP) is 4.25. The average molecular weight is 307 g/mol. The number of hydrogen-bond acceptors (Lipinski definition) is 4. The fourth-order valence-electron chi connectivity index (χ4n) is 2.75. The lowest BCUT2D eigenvalue weighted by molar-refractivity contribution is 0.155. The molecule has 0 aliphatic heterocycles. The Hall–Kier alpha value is -0.680. The van der Waals surface area contributed by atoms with Gasteiger partial charge in [-0.3, -0.25) is 4.90 Å². The second-order valence-corrected chi connectivity index (χ2v) is 7.53. The lowest BCUT2D eigenvalue weighted by atomic mass is 10.0. The smallest absolute Gasteiger partial charge is 0.0599 e. The molecule has 20 heavy (non-hydrogen) atoms. The highest BCUT2D eigenvalue weighted by Gasteiger charge is 2.37. The molecule has 0 amide bonds. The van der Waals surface area contributed by atoms with Gasteiger partial charge >= 0.3 is 0 Å². The van der Waals surface area contributed by atoms with Gasteiger partial charge in [-0.15, -0.1) is 22.7 Å². The van der Waals surface area contributed by atoms with Gasteiger partial charge in [0.1, 0.15) is 0 Å². The molecule has 4 heteroatoms. The number of nitrogens with two attached hydrogens (primary N) is 1. The third kappa shape index (κ3) is 3.14. The summed E-state index contributed by atoms with van der Waals surface area (Å²) >= 11 is 3.69. The highest BCUT2D eigenvalue weighted by molar-refractivity contribution is 7.10. The van der Waals surface area contributed by atoms with Gasteiger partial charge in [-0.2, -0.15) is 0 Å². The van der Waals surface area contributed by atoms with Crippen LogP contribution in [0, 0.1) is 0 Å². The van der Waals surface area contributed by atoms with E-state index in [1.807, 2.05) is 22.7 Å². The molecule has 0 aromatic carbocycles. The van der Waals surface area contributed by atoms with Crippen LogP contribution in [0.2, 0.25) is 0 Å². The van der Waals surface area contributed by atoms with Crippen LogP contribution in [-0.2, 0) is 6.54 Å². The molecule has 1 fully saturated rings. The van der Waals surface area contributed by atoms with Crippen molar-refractivity contribution in [3.8, 4) is 0 Å². The summed E-state index contributed by atoms with van der Waals surface area (Å²) in [6.07, 6.45) is 3.67. The van der Waals surface area contributed by atoms with Crippen molar-refractivity contribution in [2.45, 2.75) is 50.9 Å². The van der Waals surface area contributed by atoms with Crippen LogP contribution in [0.1, 0.15) is 42.0 Å². The van der Waals surface area contributed by atoms with Crippen molar-refractivity contribution in [2.75, 3.05) is 0 Å². The van der Waals surface area contributed by atoms with Gasteiger partial charge in [0, 0.05) is 28.4 Å². The average Bonchev–Trinajstić information content (AvgIpc) is 2.94. The Labute approximate surface area is 129 Å². The molecule has 2 aromatic heterocycles. The number of thiophene rings is 2. The van der Waals surface area contributed by atoms with E-state index in [9.17, 15) is 0 Å². The molecule has 2 unspecified atom stereocenters. The Morgan fingerprint density at radius 3 is 2.55 bits per heavy atom. The van der Waals surface area contributed by atoms with E-state index < -0.39 is 0 Å². The fraction of sp³-hybridized carbons (Fsp3) is 0.500. The first-order valence-corrected chi connectivity index (χ1v) is 9.12. The first-order valence-electron chi connectivity index (χ1n) is 7.36. The van der Waals surface area contributed by atoms with Gasteiger partial charge in [-0.1, -0.05) is 19.1 Å². The minimum absolute atomic E-state index is 0.217. The summed E-state index contributed by atoms with van der Waals surface area (Å²) in [5.74, 6) is 0. The van der Waals surface area contributed by atoms with Crippen LogP contribution in [0.15, 0.2) is 35.0 Å². The van der Waals surface area contributed by atoms with E-state index in [0.717, 1.165) is 19.0 Å². The molecule has 2 aromatic rings. The lowest BCUT2D eigenvalue weighted by Crippen LogP contribution is -2.41. The van der Waals surface area contributed by atoms with E-state index in [4.69, 9.17) is 5.73 Å². The Balaban J connectivity index is 1.85. The quantitative estimate of drug-likeness (QED) is 0.828. The van der Waals surface area contributed by atoms with Crippen molar-refractivity contribution in [3.05, 3.63) is 44.8 Å². The molecule has 1 saturated carbocycles. The molecule has 2 nitrogen and oxygen atoms in total. The van der Waals surface area contributed by atoms with Crippen LogP contribution in [0.3, 0.4) is 0 Å². The maximum absolute atomic E-state index is 6.47. The first-order chi connectivity index (χ1) is 9.79. The molecule has 2 heterocycles. The summed E-state index contributed by atoms with van der Waals surface area (Å²) in [5, 5.41) is 4.33. The summed E-state index contributed by atoms with van der Waals surface area (Å²) in [4.78, 5) is 5.51. The predicted molar refractivity (Wildman–Crippen MR) is 88.2 cm³/mol. The van der Waals surface area contributed by atoms with Gasteiger partial charge in [0.2, 0.25) is 0 Å². The maximum atomic E-state index is 6.47. The molecule has 3 rings (SSSR count). The molecular formula is C16H22N2S2. The van der Waals surface area contributed by atoms with Gasteiger partial charge in [0.05, 0.1) is 6.04 Å². The van der Waals surface area contributed by atoms with E-state index in [2.05, 4.69) is 46.8 Å². The van der Waals surface area contributed by atoms with Gasteiger partial charge in [0.25, 0.3) is 0 Å². The van der Waals surface area contributed by atoms with Gasteiger partial charge < -0.3 is 5.73 Å². The minimum Gasteiger partial charge on any atom is -0.326 e. The second-order valence-electron chi connectivity index (χ2n) is 5.52. The van der Waals surface area contributed by atoms with Crippen LogP contribution >= 0.6 is 22.7 Å². The van der Waals surface area contributed by atoms with E-state index in [1.54, 1.807) is 0 Å². The molecule has 0 bridgehead atoms. The van der Waals surface area contributed by atoms with E-state index in [-0.39, 0.29) is 6.04 Å². The van der Waals surface area contributed by atoms with Crippen LogP contribution < -0.4 is 5.73 Å². The van der Waals surface area contributed by atoms with Gasteiger partial charge in [-0.25, -0.2) is 0 Å². The van der Waals surface area contributed by atoms with Gasteiger partial charge in [-0.05, 0) is 42.2 Å². The van der Waals surface area contributed by atoms with E-state index in [0.29, 0.717) is 6.04 Å². The van der Waals surface area contributed by atoms with E-state index >= 15 is 0 Å². The zero-order valence-electron chi connectivity index (χ0n) is 11.9. The van der Waals surface area contributed by atoms with Crippen LogP contribution in [0.25, 0.3) is 0 Å². The molecule has 108 valence electrons. The summed E-state index contributed by atoms with van der Waals surface area (Å²) in [7, 11) is 0. The molecule has 2 N–H and O–H groups in total. The Bertz CT molecular complexity index is 503. The van der Waals surface area contributed by atoms with Crippen LogP contribution in [0.5, 0.6) is 0 Å².